The summed E-state index contributed by atoms with van der Waals surface area (Å²) in [6.45, 7) is 2.08. The van der Waals surface area contributed by atoms with Crippen LogP contribution in [-0.4, -0.2) is 15.0 Å². The molecule has 1 aromatic carbocycles. The molecular weight excluding hydrogens is 384 g/mol. The fourth-order valence-corrected chi connectivity index (χ4v) is 4.73. The number of anilines is 1. The summed E-state index contributed by atoms with van der Waals surface area (Å²) in [5.41, 5.74) is 9.17. The molecular formula is C19H15ClN4S2. The van der Waals surface area contributed by atoms with Gasteiger partial charge in [-0.15, -0.1) is 11.3 Å². The van der Waals surface area contributed by atoms with Gasteiger partial charge in [-0.25, -0.2) is 9.97 Å². The third-order valence-corrected chi connectivity index (χ3v) is 6.08. The number of thiophene rings is 1. The van der Waals surface area contributed by atoms with Crippen LogP contribution >= 0.6 is 34.7 Å². The first kappa shape index (κ1) is 17.3. The number of halogens is 1. The normalized spacial score (nSPS) is 12.4. The van der Waals surface area contributed by atoms with E-state index in [-0.39, 0.29) is 5.25 Å². The zero-order valence-corrected chi connectivity index (χ0v) is 16.3. The van der Waals surface area contributed by atoms with Crippen molar-refractivity contribution < 1.29 is 0 Å². The maximum Gasteiger partial charge on any atom is 0.191 e. The molecule has 3 aromatic heterocycles. The molecule has 0 saturated heterocycles. The Labute approximate surface area is 164 Å². The van der Waals surface area contributed by atoms with Gasteiger partial charge in [0.05, 0.1) is 15.6 Å². The first-order valence-corrected chi connectivity index (χ1v) is 10.1. The minimum absolute atomic E-state index is 0.0702. The van der Waals surface area contributed by atoms with E-state index in [2.05, 4.69) is 57.6 Å². The summed E-state index contributed by atoms with van der Waals surface area (Å²) in [6.07, 6.45) is 1.94. The van der Waals surface area contributed by atoms with Crippen molar-refractivity contribution in [2.24, 2.45) is 0 Å². The van der Waals surface area contributed by atoms with Crippen molar-refractivity contribution in [3.63, 3.8) is 0 Å². The minimum atomic E-state index is 0.0702. The van der Waals surface area contributed by atoms with Gasteiger partial charge in [0.15, 0.2) is 5.16 Å². The molecule has 0 aliphatic heterocycles. The summed E-state index contributed by atoms with van der Waals surface area (Å²) < 4.78 is 1.17. The number of benzene rings is 1. The van der Waals surface area contributed by atoms with Crippen molar-refractivity contribution in [1.82, 2.24) is 15.0 Å². The van der Waals surface area contributed by atoms with E-state index in [0.29, 0.717) is 16.1 Å². The Hall–Kier alpha value is -2.15. The Balaban J connectivity index is 1.68. The molecule has 1 unspecified atom stereocenters. The van der Waals surface area contributed by atoms with Crippen LogP contribution in [0.1, 0.15) is 17.9 Å². The lowest BCUT2D eigenvalue weighted by atomic mass is 10.0. The molecule has 4 aromatic rings. The minimum Gasteiger partial charge on any atom is -0.384 e. The van der Waals surface area contributed by atoms with Crippen LogP contribution < -0.4 is 5.73 Å². The van der Waals surface area contributed by atoms with Gasteiger partial charge in [-0.3, -0.25) is 4.98 Å². The van der Waals surface area contributed by atoms with Gasteiger partial charge in [-0.1, -0.05) is 53.7 Å². The van der Waals surface area contributed by atoms with Gasteiger partial charge in [0, 0.05) is 23.2 Å². The Morgan fingerprint density at radius 1 is 1.15 bits per heavy atom. The summed E-state index contributed by atoms with van der Waals surface area (Å²) in [7, 11) is 0. The highest BCUT2D eigenvalue weighted by Gasteiger charge is 2.15. The van der Waals surface area contributed by atoms with Crippen molar-refractivity contribution in [2.45, 2.75) is 17.3 Å². The van der Waals surface area contributed by atoms with Crippen LogP contribution in [0.2, 0.25) is 5.15 Å². The van der Waals surface area contributed by atoms with Crippen LogP contribution in [-0.2, 0) is 0 Å². The van der Waals surface area contributed by atoms with E-state index in [1.807, 2.05) is 12.3 Å². The molecule has 7 heteroatoms. The van der Waals surface area contributed by atoms with E-state index in [4.69, 9.17) is 17.3 Å². The lowest BCUT2D eigenvalue weighted by Gasteiger charge is -2.10. The lowest BCUT2D eigenvalue weighted by molar-refractivity contribution is 0.947. The quantitative estimate of drug-likeness (QED) is 0.265. The largest absolute Gasteiger partial charge is 0.384 e. The Kier molecular flexibility index (Phi) is 4.80. The number of aromatic nitrogens is 3. The van der Waals surface area contributed by atoms with E-state index in [1.165, 1.54) is 39.0 Å². The fraction of sp³-hybridized carbons (Fsp3) is 0.105. The van der Waals surface area contributed by atoms with Gasteiger partial charge < -0.3 is 5.73 Å². The van der Waals surface area contributed by atoms with Crippen molar-refractivity contribution in [1.29, 1.82) is 0 Å². The van der Waals surface area contributed by atoms with Crippen molar-refractivity contribution in [3.8, 4) is 11.1 Å². The van der Waals surface area contributed by atoms with Crippen molar-refractivity contribution >= 4 is 50.6 Å². The molecule has 0 saturated carbocycles. The first-order chi connectivity index (χ1) is 12.6. The highest BCUT2D eigenvalue weighted by Crippen LogP contribution is 2.38. The van der Waals surface area contributed by atoms with Gasteiger partial charge in [0.2, 0.25) is 0 Å². The highest BCUT2D eigenvalue weighted by molar-refractivity contribution is 7.99. The molecule has 0 aliphatic carbocycles. The van der Waals surface area contributed by atoms with Crippen LogP contribution in [0.25, 0.3) is 21.2 Å². The van der Waals surface area contributed by atoms with Gasteiger partial charge in [-0.2, -0.15) is 0 Å². The average Bonchev–Trinajstić information content (AvgIpc) is 3.04. The second kappa shape index (κ2) is 7.23. The number of nitrogens with two attached hydrogens (primary N) is 1. The maximum absolute atomic E-state index is 5.97. The first-order valence-electron chi connectivity index (χ1n) is 7.99. The number of hydrogen-bond acceptors (Lipinski definition) is 6. The summed E-state index contributed by atoms with van der Waals surface area (Å²) in [4.78, 5) is 13.1. The number of thioether (sulfide) groups is 1. The standard InChI is InChI=1S/C19H15ClN4S2/c1-11(26-19-23-17(20)8-18(21)24-19)15-7-13-14(10-25-16(13)9-22-15)12-5-3-2-4-6-12/h2-11H,1H3,(H2,21,23,24). The number of pyridine rings is 1. The molecule has 26 heavy (non-hydrogen) atoms. The molecule has 3 heterocycles. The van der Waals surface area contributed by atoms with Crippen molar-refractivity contribution in [2.75, 3.05) is 5.73 Å². The summed E-state index contributed by atoms with van der Waals surface area (Å²) in [6, 6.07) is 14.1. The van der Waals surface area contributed by atoms with Crippen molar-refractivity contribution in [3.05, 3.63) is 64.9 Å². The fourth-order valence-electron chi connectivity index (χ4n) is 2.70. The third-order valence-electron chi connectivity index (χ3n) is 3.96. The van der Waals surface area contributed by atoms with Gasteiger partial charge in [0.25, 0.3) is 0 Å². The molecule has 0 radical (unpaired) electrons. The number of nitrogens with zero attached hydrogens (tertiary/aromatic N) is 3. The van der Waals surface area contributed by atoms with Gasteiger partial charge in [0.1, 0.15) is 11.0 Å². The molecule has 2 N–H and O–H groups in total. The second-order valence-electron chi connectivity index (χ2n) is 5.78. The van der Waals surface area contributed by atoms with E-state index >= 15 is 0 Å². The Morgan fingerprint density at radius 2 is 1.96 bits per heavy atom. The molecule has 1 atom stereocenters. The van der Waals surface area contributed by atoms with Crippen LogP contribution in [0.4, 0.5) is 5.82 Å². The molecule has 4 nitrogen and oxygen atoms in total. The smallest absolute Gasteiger partial charge is 0.191 e. The van der Waals surface area contributed by atoms with E-state index < -0.39 is 0 Å². The number of nitrogen functional groups attached to an aromatic ring is 1. The SMILES string of the molecule is CC(Sc1nc(N)cc(Cl)n1)c1cc2c(-c3ccccc3)csc2cn1. The third kappa shape index (κ3) is 3.53. The van der Waals surface area contributed by atoms with Gasteiger partial charge in [-0.05, 0) is 23.9 Å². The molecule has 0 aliphatic rings. The number of fused-ring (bicyclic) bond motifs is 1. The summed E-state index contributed by atoms with van der Waals surface area (Å²) in [5, 5.41) is 4.37. The topological polar surface area (TPSA) is 64.7 Å². The molecule has 4 rings (SSSR count). The van der Waals surface area contributed by atoms with E-state index in [9.17, 15) is 0 Å². The predicted molar refractivity (Wildman–Crippen MR) is 111 cm³/mol. The van der Waals surface area contributed by atoms with Crippen LogP contribution in [0.15, 0.2) is 59.2 Å². The monoisotopic (exact) mass is 398 g/mol. The summed E-state index contributed by atoms with van der Waals surface area (Å²) >= 11 is 9.17. The van der Waals surface area contributed by atoms with Crippen LogP contribution in [0, 0.1) is 0 Å². The number of hydrogen-bond donors (Lipinski definition) is 1. The zero-order valence-electron chi connectivity index (χ0n) is 13.9. The summed E-state index contributed by atoms with van der Waals surface area (Å²) in [5.74, 6) is 0.368. The molecule has 0 fully saturated rings. The molecule has 0 bridgehead atoms. The lowest BCUT2D eigenvalue weighted by Crippen LogP contribution is -1.98. The molecule has 130 valence electrons. The van der Waals surface area contributed by atoms with E-state index in [1.54, 1.807) is 11.3 Å². The van der Waals surface area contributed by atoms with E-state index in [0.717, 1.165) is 5.69 Å². The van der Waals surface area contributed by atoms with Gasteiger partial charge >= 0.3 is 0 Å². The maximum atomic E-state index is 5.97. The Morgan fingerprint density at radius 3 is 2.73 bits per heavy atom. The second-order valence-corrected chi connectivity index (χ2v) is 8.39. The Bertz CT molecular complexity index is 1050. The van der Waals surface area contributed by atoms with Crippen LogP contribution in [0.3, 0.4) is 0 Å². The molecule has 0 spiro atoms. The van der Waals surface area contributed by atoms with Crippen LogP contribution in [0.5, 0.6) is 0 Å². The average molecular weight is 399 g/mol. The number of rotatable bonds is 4. The molecule has 0 amide bonds. The highest BCUT2D eigenvalue weighted by atomic mass is 35.5. The zero-order chi connectivity index (χ0) is 18.1. The predicted octanol–water partition coefficient (Wildman–Crippen LogP) is 5.84.